The molecule has 8 nitrogen and oxygen atoms in total. The molecule has 32 heavy (non-hydrogen) atoms. The lowest BCUT2D eigenvalue weighted by Crippen LogP contribution is -2.35. The number of aromatic nitrogens is 2. The molecule has 8 heteroatoms. The Morgan fingerprint density at radius 2 is 1.94 bits per heavy atom. The Hall–Kier alpha value is -3.00. The van der Waals surface area contributed by atoms with E-state index in [-0.39, 0.29) is 11.1 Å². The Morgan fingerprint density at radius 3 is 2.78 bits per heavy atom. The fourth-order valence-electron chi connectivity index (χ4n) is 5.30. The largest absolute Gasteiger partial charge is 0.369 e. The molecule has 2 aromatic heterocycles. The van der Waals surface area contributed by atoms with Crippen LogP contribution in [-0.4, -0.2) is 75.1 Å². The van der Waals surface area contributed by atoms with Crippen LogP contribution in [0, 0.1) is 0 Å². The summed E-state index contributed by atoms with van der Waals surface area (Å²) in [4.78, 5) is 27.4. The van der Waals surface area contributed by atoms with Gasteiger partial charge in [0.1, 0.15) is 17.2 Å². The summed E-state index contributed by atoms with van der Waals surface area (Å²) in [7, 11) is 0. The standard InChI is InChI=1S/C24H29N7O/c1-24(2)16-31-22(26-24)8-6-19(27-31)20-13-23(32)30-15-17(5-7-21(30)25-20)29-12-9-18(14-29)28-10-3-4-11-28/h5-8,13,15,18H,3-4,9-12,14,16H2,1-2H3/t18-/m1/s1. The Bertz CT molecular complexity index is 1220. The first kappa shape index (κ1) is 19.7. The van der Waals surface area contributed by atoms with Gasteiger partial charge in [0.15, 0.2) is 0 Å². The summed E-state index contributed by atoms with van der Waals surface area (Å²) in [5, 5.41) is 6.59. The summed E-state index contributed by atoms with van der Waals surface area (Å²) >= 11 is 0. The van der Waals surface area contributed by atoms with Crippen molar-refractivity contribution in [3.63, 3.8) is 0 Å². The topological polar surface area (TPSA) is 68.8 Å². The molecule has 4 aliphatic heterocycles. The third kappa shape index (κ3) is 3.43. The molecule has 6 heterocycles. The number of fused-ring (bicyclic) bond motifs is 2. The molecule has 166 valence electrons. The van der Waals surface area contributed by atoms with Crippen LogP contribution in [0.5, 0.6) is 0 Å². The maximum absolute atomic E-state index is 13.0. The SMILES string of the molecule is CC1(C)CN2N=C(c3cc(=O)n4cc(N5CC[C@@H](N6CCCC6)C5)ccc4n3)C=CC2=N1. The van der Waals surface area contributed by atoms with Gasteiger partial charge in [-0.1, -0.05) is 0 Å². The number of nitrogens with zero attached hydrogens (tertiary/aromatic N) is 7. The van der Waals surface area contributed by atoms with Crippen molar-refractivity contribution < 1.29 is 0 Å². The van der Waals surface area contributed by atoms with Gasteiger partial charge in [-0.2, -0.15) is 5.10 Å². The summed E-state index contributed by atoms with van der Waals surface area (Å²) in [6, 6.07) is 6.25. The van der Waals surface area contributed by atoms with Crippen molar-refractivity contribution in [2.24, 2.45) is 10.1 Å². The molecule has 0 unspecified atom stereocenters. The third-order valence-electron chi connectivity index (χ3n) is 6.93. The fraction of sp³-hybridized carbons (Fsp3) is 0.500. The number of pyridine rings is 1. The third-order valence-corrected chi connectivity index (χ3v) is 6.93. The first-order valence-electron chi connectivity index (χ1n) is 11.6. The van der Waals surface area contributed by atoms with E-state index in [0.29, 0.717) is 23.1 Å². The van der Waals surface area contributed by atoms with Crippen LogP contribution in [-0.2, 0) is 0 Å². The van der Waals surface area contributed by atoms with Gasteiger partial charge in [0.2, 0.25) is 0 Å². The van der Waals surface area contributed by atoms with Crippen LogP contribution < -0.4 is 10.5 Å². The second-order valence-electron chi connectivity index (χ2n) is 9.89. The van der Waals surface area contributed by atoms with Gasteiger partial charge in [0.25, 0.3) is 5.56 Å². The maximum atomic E-state index is 13.0. The van der Waals surface area contributed by atoms with E-state index < -0.39 is 0 Å². The molecule has 0 amide bonds. The van der Waals surface area contributed by atoms with Crippen LogP contribution in [0.15, 0.2) is 51.4 Å². The van der Waals surface area contributed by atoms with Crippen molar-refractivity contribution in [1.29, 1.82) is 0 Å². The maximum Gasteiger partial charge on any atom is 0.258 e. The van der Waals surface area contributed by atoms with Gasteiger partial charge >= 0.3 is 0 Å². The number of allylic oxidation sites excluding steroid dienone is 1. The highest BCUT2D eigenvalue weighted by Crippen LogP contribution is 2.26. The molecule has 2 fully saturated rings. The molecule has 0 N–H and O–H groups in total. The van der Waals surface area contributed by atoms with Crippen LogP contribution >= 0.6 is 0 Å². The lowest BCUT2D eigenvalue weighted by molar-refractivity contribution is 0.260. The van der Waals surface area contributed by atoms with E-state index in [1.807, 2.05) is 29.4 Å². The number of likely N-dealkylation sites (tertiary alicyclic amines) is 1. The zero-order chi connectivity index (χ0) is 21.9. The molecule has 1 atom stereocenters. The Kier molecular flexibility index (Phi) is 4.47. The van der Waals surface area contributed by atoms with Crippen LogP contribution in [0.25, 0.3) is 5.65 Å². The Morgan fingerprint density at radius 1 is 1.09 bits per heavy atom. The van der Waals surface area contributed by atoms with Crippen molar-refractivity contribution in [2.75, 3.05) is 37.6 Å². The van der Waals surface area contributed by atoms with Crippen molar-refractivity contribution >= 4 is 22.9 Å². The Balaban J connectivity index is 1.26. The normalized spacial score (nSPS) is 24.9. The summed E-state index contributed by atoms with van der Waals surface area (Å²) in [5.74, 6) is 0.860. The van der Waals surface area contributed by atoms with E-state index >= 15 is 0 Å². The monoisotopic (exact) mass is 431 g/mol. The van der Waals surface area contributed by atoms with Gasteiger partial charge in [-0.3, -0.25) is 19.1 Å². The lowest BCUT2D eigenvalue weighted by Gasteiger charge is -2.24. The highest BCUT2D eigenvalue weighted by atomic mass is 16.1. The molecular formula is C24H29N7O. The molecule has 0 radical (unpaired) electrons. The van der Waals surface area contributed by atoms with Gasteiger partial charge < -0.3 is 4.90 Å². The summed E-state index contributed by atoms with van der Waals surface area (Å²) in [6.07, 6.45) is 9.61. The van der Waals surface area contributed by atoms with E-state index in [4.69, 9.17) is 10.1 Å². The van der Waals surface area contributed by atoms with E-state index in [1.54, 1.807) is 10.5 Å². The van der Waals surface area contributed by atoms with Gasteiger partial charge in [-0.25, -0.2) is 9.99 Å². The number of anilines is 1. The molecule has 0 saturated carbocycles. The number of hydrogen-bond donors (Lipinski definition) is 0. The van der Waals surface area contributed by atoms with Crippen molar-refractivity contribution in [3.05, 3.63) is 52.6 Å². The number of hydrazone groups is 1. The average Bonchev–Trinajstić information content (AvgIpc) is 3.51. The average molecular weight is 432 g/mol. The number of hydrogen-bond acceptors (Lipinski definition) is 7. The number of rotatable bonds is 3. The molecule has 2 aromatic rings. The van der Waals surface area contributed by atoms with Crippen molar-refractivity contribution in [3.8, 4) is 0 Å². The molecule has 2 saturated heterocycles. The highest BCUT2D eigenvalue weighted by Gasteiger charge is 2.32. The molecule has 0 spiro atoms. The quantitative estimate of drug-likeness (QED) is 0.745. The minimum absolute atomic E-state index is 0.0838. The van der Waals surface area contributed by atoms with E-state index in [2.05, 4.69) is 34.7 Å². The van der Waals surface area contributed by atoms with Crippen LogP contribution in [0.1, 0.15) is 38.8 Å². The minimum Gasteiger partial charge on any atom is -0.369 e. The molecule has 0 aromatic carbocycles. The first-order valence-corrected chi connectivity index (χ1v) is 11.6. The van der Waals surface area contributed by atoms with E-state index in [0.717, 1.165) is 31.2 Å². The van der Waals surface area contributed by atoms with Gasteiger partial charge in [0, 0.05) is 31.4 Å². The molecular weight excluding hydrogens is 402 g/mol. The van der Waals surface area contributed by atoms with Crippen LogP contribution in [0.2, 0.25) is 0 Å². The molecule has 0 bridgehead atoms. The molecule has 6 rings (SSSR count). The number of aliphatic imine (C=N–C) groups is 1. The zero-order valence-electron chi connectivity index (χ0n) is 18.7. The Labute approximate surface area is 187 Å². The molecule has 0 aliphatic carbocycles. The zero-order valence-corrected chi connectivity index (χ0v) is 18.7. The van der Waals surface area contributed by atoms with E-state index in [1.165, 1.54) is 32.4 Å². The van der Waals surface area contributed by atoms with Gasteiger partial charge in [-0.05, 0) is 70.5 Å². The predicted molar refractivity (Wildman–Crippen MR) is 127 cm³/mol. The first-order chi connectivity index (χ1) is 15.4. The predicted octanol–water partition coefficient (Wildman–Crippen LogP) is 2.14. The van der Waals surface area contributed by atoms with Crippen molar-refractivity contribution in [2.45, 2.75) is 44.7 Å². The lowest BCUT2D eigenvalue weighted by atomic mass is 10.1. The van der Waals surface area contributed by atoms with Gasteiger partial charge in [0.05, 0.1) is 23.5 Å². The summed E-state index contributed by atoms with van der Waals surface area (Å²) in [5.41, 5.74) is 2.78. The van der Waals surface area contributed by atoms with Gasteiger partial charge in [-0.15, -0.1) is 0 Å². The van der Waals surface area contributed by atoms with Crippen LogP contribution in [0.3, 0.4) is 0 Å². The second kappa shape index (κ2) is 7.27. The highest BCUT2D eigenvalue weighted by molar-refractivity contribution is 6.13. The smallest absolute Gasteiger partial charge is 0.258 e. The number of amidine groups is 1. The van der Waals surface area contributed by atoms with Crippen molar-refractivity contribution in [1.82, 2.24) is 19.3 Å². The summed E-state index contributed by atoms with van der Waals surface area (Å²) < 4.78 is 1.65. The fourth-order valence-corrected chi connectivity index (χ4v) is 5.30. The minimum atomic E-state index is -0.158. The van der Waals surface area contributed by atoms with Crippen LogP contribution in [0.4, 0.5) is 5.69 Å². The second-order valence-corrected chi connectivity index (χ2v) is 9.89. The summed E-state index contributed by atoms with van der Waals surface area (Å²) in [6.45, 7) is 9.42. The molecule has 4 aliphatic rings. The van der Waals surface area contributed by atoms with E-state index in [9.17, 15) is 4.79 Å².